The van der Waals surface area contributed by atoms with Crippen molar-refractivity contribution in [2.75, 3.05) is 22.5 Å². The minimum Gasteiger partial charge on any atom is -0.369 e. The maximum absolute atomic E-state index is 12.1. The first-order valence-electron chi connectivity index (χ1n) is 9.02. The van der Waals surface area contributed by atoms with E-state index in [4.69, 9.17) is 0 Å². The first-order chi connectivity index (χ1) is 13.8. The summed E-state index contributed by atoms with van der Waals surface area (Å²) in [4.78, 5) is 23.7. The quantitative estimate of drug-likeness (QED) is 0.407. The van der Waals surface area contributed by atoms with E-state index in [0.29, 0.717) is 0 Å². The molecule has 4 aromatic rings. The first-order valence-corrected chi connectivity index (χ1v) is 9.02. The molecule has 0 aliphatic rings. The number of para-hydroxylation sites is 1. The summed E-state index contributed by atoms with van der Waals surface area (Å²) in [6.07, 6.45) is 4.18. The predicted molar refractivity (Wildman–Crippen MR) is 112 cm³/mol. The van der Waals surface area contributed by atoms with Crippen LogP contribution in [0.15, 0.2) is 73.2 Å². The van der Waals surface area contributed by atoms with Gasteiger partial charge in [-0.2, -0.15) is 0 Å². The van der Waals surface area contributed by atoms with E-state index in [9.17, 15) is 4.79 Å². The van der Waals surface area contributed by atoms with Gasteiger partial charge in [-0.3, -0.25) is 0 Å². The predicted octanol–water partition coefficient (Wildman–Crippen LogP) is 4.26. The minimum absolute atomic E-state index is 0.266. The number of nitrogens with zero attached hydrogens (tertiary/aromatic N) is 2. The van der Waals surface area contributed by atoms with Crippen LogP contribution in [0, 0.1) is 0 Å². The second-order valence-corrected chi connectivity index (χ2v) is 6.28. The number of nitrogens with one attached hydrogen (secondary N) is 4. The van der Waals surface area contributed by atoms with Gasteiger partial charge in [0.15, 0.2) is 0 Å². The Bertz CT molecular complexity index is 1080. The molecular weight excluding hydrogens is 352 g/mol. The van der Waals surface area contributed by atoms with E-state index in [1.807, 2.05) is 66.9 Å². The number of aromatic nitrogens is 3. The minimum atomic E-state index is -0.266. The lowest BCUT2D eigenvalue weighted by atomic mass is 10.1. The highest BCUT2D eigenvalue weighted by Gasteiger charge is 2.05. The highest BCUT2D eigenvalue weighted by molar-refractivity contribution is 5.99. The number of aromatic amines is 1. The van der Waals surface area contributed by atoms with E-state index in [1.165, 1.54) is 6.33 Å². The monoisotopic (exact) mass is 372 g/mol. The third-order valence-electron chi connectivity index (χ3n) is 4.28. The van der Waals surface area contributed by atoms with Gasteiger partial charge in [0.1, 0.15) is 17.8 Å². The Labute approximate surface area is 162 Å². The Morgan fingerprint density at radius 3 is 2.64 bits per heavy atom. The topological polar surface area (TPSA) is 94.7 Å². The molecule has 0 spiro atoms. The van der Waals surface area contributed by atoms with Crippen molar-refractivity contribution in [3.05, 3.63) is 78.8 Å². The van der Waals surface area contributed by atoms with Crippen molar-refractivity contribution in [3.8, 4) is 0 Å². The number of hydrogen-bond donors (Lipinski definition) is 4. The molecule has 4 rings (SSSR count). The number of fused-ring (bicyclic) bond motifs is 1. The molecule has 7 nitrogen and oxygen atoms in total. The van der Waals surface area contributed by atoms with Gasteiger partial charge in [-0.1, -0.05) is 30.3 Å². The zero-order valence-electron chi connectivity index (χ0n) is 15.1. The molecule has 4 N–H and O–H groups in total. The van der Waals surface area contributed by atoms with Crippen molar-refractivity contribution >= 4 is 34.3 Å². The van der Waals surface area contributed by atoms with Crippen LogP contribution in [-0.2, 0) is 6.42 Å². The van der Waals surface area contributed by atoms with E-state index in [-0.39, 0.29) is 6.03 Å². The van der Waals surface area contributed by atoms with Crippen LogP contribution in [0.25, 0.3) is 11.0 Å². The summed E-state index contributed by atoms with van der Waals surface area (Å²) in [5.41, 5.74) is 3.43. The van der Waals surface area contributed by atoms with Gasteiger partial charge in [-0.25, -0.2) is 14.8 Å². The molecule has 140 valence electrons. The number of carbonyl (C=O) groups is 1. The van der Waals surface area contributed by atoms with Crippen molar-refractivity contribution in [1.82, 2.24) is 15.0 Å². The SMILES string of the molecule is O=C(Nc1ccccc1)Nc1cccc(CCNc2ncnc3[nH]ccc23)c1. The van der Waals surface area contributed by atoms with E-state index >= 15 is 0 Å². The molecule has 0 aliphatic heterocycles. The standard InChI is InChI=1S/C21H20N6O/c28-21(26-16-6-2-1-3-7-16)27-17-8-4-5-15(13-17)9-11-22-19-18-10-12-23-20(18)25-14-24-19/h1-8,10,12-14H,9,11H2,(H2,26,27,28)(H2,22,23,24,25). The largest absolute Gasteiger partial charge is 0.369 e. The Morgan fingerprint density at radius 1 is 0.929 bits per heavy atom. The molecule has 2 aromatic carbocycles. The summed E-state index contributed by atoms with van der Waals surface area (Å²) in [6, 6.07) is 18.8. The smallest absolute Gasteiger partial charge is 0.323 e. The Morgan fingerprint density at radius 2 is 1.75 bits per heavy atom. The molecule has 28 heavy (non-hydrogen) atoms. The Balaban J connectivity index is 1.33. The lowest BCUT2D eigenvalue weighted by molar-refractivity contribution is 0.262. The number of rotatable bonds is 6. The van der Waals surface area contributed by atoms with Gasteiger partial charge in [-0.05, 0) is 42.3 Å². The highest BCUT2D eigenvalue weighted by Crippen LogP contribution is 2.18. The molecule has 0 bridgehead atoms. The Kier molecular flexibility index (Phi) is 5.15. The van der Waals surface area contributed by atoms with Crippen LogP contribution in [0.4, 0.5) is 22.0 Å². The number of anilines is 3. The fourth-order valence-electron chi connectivity index (χ4n) is 2.96. The van der Waals surface area contributed by atoms with Crippen molar-refractivity contribution in [2.24, 2.45) is 0 Å². The van der Waals surface area contributed by atoms with E-state index in [2.05, 4.69) is 30.9 Å². The van der Waals surface area contributed by atoms with Gasteiger partial charge >= 0.3 is 6.03 Å². The van der Waals surface area contributed by atoms with E-state index < -0.39 is 0 Å². The molecule has 0 aliphatic carbocycles. The van der Waals surface area contributed by atoms with Crippen LogP contribution >= 0.6 is 0 Å². The van der Waals surface area contributed by atoms with Crippen molar-refractivity contribution in [3.63, 3.8) is 0 Å². The van der Waals surface area contributed by atoms with Crippen LogP contribution in [0.2, 0.25) is 0 Å². The molecule has 7 heteroatoms. The summed E-state index contributed by atoms with van der Waals surface area (Å²) >= 11 is 0. The molecule has 0 unspecified atom stereocenters. The summed E-state index contributed by atoms with van der Waals surface area (Å²) in [5, 5.41) is 9.99. The van der Waals surface area contributed by atoms with Crippen molar-refractivity contribution in [2.45, 2.75) is 6.42 Å². The van der Waals surface area contributed by atoms with Gasteiger partial charge < -0.3 is 20.9 Å². The fourth-order valence-corrected chi connectivity index (χ4v) is 2.96. The lowest BCUT2D eigenvalue weighted by Gasteiger charge is -2.10. The average molecular weight is 372 g/mol. The molecule has 0 saturated carbocycles. The third kappa shape index (κ3) is 4.27. The molecule has 0 saturated heterocycles. The highest BCUT2D eigenvalue weighted by atomic mass is 16.2. The third-order valence-corrected chi connectivity index (χ3v) is 4.28. The van der Waals surface area contributed by atoms with Gasteiger partial charge in [0, 0.05) is 24.1 Å². The molecule has 2 heterocycles. The molecule has 0 atom stereocenters. The number of urea groups is 1. The average Bonchev–Trinajstić information content (AvgIpc) is 3.19. The number of amides is 2. The maximum atomic E-state index is 12.1. The van der Waals surface area contributed by atoms with E-state index in [1.54, 1.807) is 0 Å². The van der Waals surface area contributed by atoms with Gasteiger partial charge in [0.25, 0.3) is 0 Å². The first kappa shape index (κ1) is 17.5. The van der Waals surface area contributed by atoms with Crippen LogP contribution < -0.4 is 16.0 Å². The molecular formula is C21H20N6O. The second kappa shape index (κ2) is 8.22. The summed E-state index contributed by atoms with van der Waals surface area (Å²) in [6.45, 7) is 0.719. The lowest BCUT2D eigenvalue weighted by Crippen LogP contribution is -2.19. The molecule has 0 radical (unpaired) electrons. The van der Waals surface area contributed by atoms with Crippen molar-refractivity contribution < 1.29 is 4.79 Å². The summed E-state index contributed by atoms with van der Waals surface area (Å²) < 4.78 is 0. The zero-order chi connectivity index (χ0) is 19.2. The van der Waals surface area contributed by atoms with Gasteiger partial charge in [0.05, 0.1) is 5.39 Å². The number of carbonyl (C=O) groups excluding carboxylic acids is 1. The van der Waals surface area contributed by atoms with Crippen LogP contribution in [0.3, 0.4) is 0 Å². The summed E-state index contributed by atoms with van der Waals surface area (Å²) in [7, 11) is 0. The number of H-pyrrole nitrogens is 1. The molecule has 0 fully saturated rings. The maximum Gasteiger partial charge on any atom is 0.323 e. The van der Waals surface area contributed by atoms with Crippen LogP contribution in [0.5, 0.6) is 0 Å². The summed E-state index contributed by atoms with van der Waals surface area (Å²) in [5.74, 6) is 0.808. The fraction of sp³-hybridized carbons (Fsp3) is 0.0952. The van der Waals surface area contributed by atoms with Gasteiger partial charge in [-0.15, -0.1) is 0 Å². The number of hydrogen-bond acceptors (Lipinski definition) is 4. The second-order valence-electron chi connectivity index (χ2n) is 6.28. The van der Waals surface area contributed by atoms with E-state index in [0.717, 1.165) is 46.8 Å². The van der Waals surface area contributed by atoms with Crippen LogP contribution in [-0.4, -0.2) is 27.5 Å². The molecule has 2 amide bonds. The zero-order valence-corrected chi connectivity index (χ0v) is 15.1. The molecule has 2 aromatic heterocycles. The number of benzene rings is 2. The van der Waals surface area contributed by atoms with Crippen molar-refractivity contribution in [1.29, 1.82) is 0 Å². The Hall–Kier alpha value is -3.87. The van der Waals surface area contributed by atoms with Crippen LogP contribution in [0.1, 0.15) is 5.56 Å². The van der Waals surface area contributed by atoms with Gasteiger partial charge in [0.2, 0.25) is 0 Å². The normalized spacial score (nSPS) is 10.6.